The quantitative estimate of drug-likeness (QED) is 0.153. The van der Waals surface area contributed by atoms with Crippen molar-refractivity contribution in [2.45, 2.75) is 0 Å². The van der Waals surface area contributed by atoms with Crippen LogP contribution < -0.4 is 0 Å². The number of para-hydroxylation sites is 2. The minimum absolute atomic E-state index is 0.682. The Hall–Kier alpha value is -9.12. The third-order valence-corrected chi connectivity index (χ3v) is 13.3. The van der Waals surface area contributed by atoms with Crippen LogP contribution in [0.4, 0.5) is 0 Å². The summed E-state index contributed by atoms with van der Waals surface area (Å²) in [5, 5.41) is 4.87. The van der Waals surface area contributed by atoms with E-state index in [1.54, 1.807) is 0 Å². The number of hydrogen-bond donors (Lipinski definition) is 0. The van der Waals surface area contributed by atoms with Crippen LogP contribution in [0.1, 0.15) is 0 Å². The van der Waals surface area contributed by atoms with Gasteiger partial charge in [-0.2, -0.15) is 0 Å². The van der Waals surface area contributed by atoms with Gasteiger partial charge in [-0.3, -0.25) is 0 Å². The molecule has 0 aliphatic heterocycles. The zero-order chi connectivity index (χ0) is 45.0. The molecule has 68 heavy (non-hydrogen) atoms. The third-order valence-electron chi connectivity index (χ3n) is 13.3. The second-order valence-electron chi connectivity index (χ2n) is 17.4. The Morgan fingerprint density at radius 3 is 1.12 bits per heavy atom. The Kier molecular flexibility index (Phi) is 9.47. The molecule has 0 saturated heterocycles. The van der Waals surface area contributed by atoms with Crippen molar-refractivity contribution < 1.29 is 0 Å². The van der Waals surface area contributed by atoms with Crippen LogP contribution in [0.15, 0.2) is 255 Å². The average Bonchev–Trinajstić information content (AvgIpc) is 3.93. The van der Waals surface area contributed by atoms with Gasteiger partial charge in [-0.15, -0.1) is 0 Å². The minimum atomic E-state index is 0.682. The topological polar surface area (TPSA) is 35.6 Å². The van der Waals surface area contributed by atoms with Crippen LogP contribution in [0.3, 0.4) is 0 Å². The Labute approximate surface area is 394 Å². The number of hydrogen-bond acceptors (Lipinski definition) is 2. The average molecular weight is 867 g/mol. The summed E-state index contributed by atoms with van der Waals surface area (Å²) >= 11 is 0. The van der Waals surface area contributed by atoms with Crippen molar-refractivity contribution >= 4 is 43.6 Å². The van der Waals surface area contributed by atoms with Gasteiger partial charge in [-0.05, 0) is 106 Å². The molecule has 13 aromatic rings. The predicted octanol–water partition coefficient (Wildman–Crippen LogP) is 16.7. The SMILES string of the molecule is c1ccc(-c2ccc(-c3cc(-c4ccccc4)nc(-c4ccc(-n5c6ccccc6c6cc7c8ccccc8n(-c8cc(-c9ccccc9)cc(-c9ccccc9)c8)c7cc65)cc4)n3)cc2)cc1. The number of nitrogens with zero attached hydrogens (tertiary/aromatic N) is 4. The first-order chi connectivity index (χ1) is 33.7. The highest BCUT2D eigenvalue weighted by Gasteiger charge is 2.20. The largest absolute Gasteiger partial charge is 0.309 e. The molecule has 13 rings (SSSR count). The number of benzene rings is 10. The second-order valence-corrected chi connectivity index (χ2v) is 17.4. The molecule has 0 amide bonds. The molecule has 10 aromatic carbocycles. The van der Waals surface area contributed by atoms with Gasteiger partial charge in [0.2, 0.25) is 0 Å². The molecule has 3 heterocycles. The molecule has 0 fully saturated rings. The number of rotatable bonds is 8. The maximum absolute atomic E-state index is 5.22. The van der Waals surface area contributed by atoms with E-state index in [4.69, 9.17) is 9.97 Å². The van der Waals surface area contributed by atoms with Crippen LogP contribution in [0.25, 0.3) is 122 Å². The molecular formula is C64H42N4. The van der Waals surface area contributed by atoms with Crippen LogP contribution >= 0.6 is 0 Å². The lowest BCUT2D eigenvalue weighted by Crippen LogP contribution is -1.98. The first kappa shape index (κ1) is 39.3. The highest BCUT2D eigenvalue weighted by atomic mass is 15.0. The van der Waals surface area contributed by atoms with Crippen molar-refractivity contribution in [3.8, 4) is 78.7 Å². The smallest absolute Gasteiger partial charge is 0.160 e. The van der Waals surface area contributed by atoms with E-state index in [2.05, 4.69) is 252 Å². The summed E-state index contributed by atoms with van der Waals surface area (Å²) < 4.78 is 4.87. The van der Waals surface area contributed by atoms with E-state index in [0.29, 0.717) is 5.82 Å². The van der Waals surface area contributed by atoms with Crippen LogP contribution in [0.2, 0.25) is 0 Å². The van der Waals surface area contributed by atoms with Crippen molar-refractivity contribution in [3.05, 3.63) is 255 Å². The maximum Gasteiger partial charge on any atom is 0.160 e. The predicted molar refractivity (Wildman–Crippen MR) is 283 cm³/mol. The molecule has 4 nitrogen and oxygen atoms in total. The zero-order valence-corrected chi connectivity index (χ0v) is 37.0. The van der Waals surface area contributed by atoms with E-state index >= 15 is 0 Å². The molecule has 0 unspecified atom stereocenters. The Morgan fingerprint density at radius 2 is 0.603 bits per heavy atom. The summed E-state index contributed by atoms with van der Waals surface area (Å²) in [4.78, 5) is 10.4. The summed E-state index contributed by atoms with van der Waals surface area (Å²) in [6.45, 7) is 0. The van der Waals surface area contributed by atoms with Gasteiger partial charge in [0, 0.05) is 49.6 Å². The molecule has 4 heteroatoms. The van der Waals surface area contributed by atoms with Gasteiger partial charge in [-0.1, -0.05) is 182 Å². The van der Waals surface area contributed by atoms with Gasteiger partial charge in [0.25, 0.3) is 0 Å². The molecule has 3 aromatic heterocycles. The molecule has 0 saturated carbocycles. The van der Waals surface area contributed by atoms with Gasteiger partial charge in [-0.25, -0.2) is 9.97 Å². The summed E-state index contributed by atoms with van der Waals surface area (Å²) in [5.41, 5.74) is 18.7. The highest BCUT2D eigenvalue weighted by Crippen LogP contribution is 2.41. The van der Waals surface area contributed by atoms with Gasteiger partial charge >= 0.3 is 0 Å². The van der Waals surface area contributed by atoms with E-state index in [9.17, 15) is 0 Å². The minimum Gasteiger partial charge on any atom is -0.309 e. The number of aromatic nitrogens is 4. The van der Waals surface area contributed by atoms with Crippen LogP contribution in [0, 0.1) is 0 Å². The van der Waals surface area contributed by atoms with Crippen molar-refractivity contribution in [1.82, 2.24) is 19.1 Å². The molecule has 0 atom stereocenters. The summed E-state index contributed by atoms with van der Waals surface area (Å²) in [7, 11) is 0. The van der Waals surface area contributed by atoms with Crippen LogP contribution in [-0.2, 0) is 0 Å². The molecule has 318 valence electrons. The lowest BCUT2D eigenvalue weighted by Gasteiger charge is -2.14. The van der Waals surface area contributed by atoms with E-state index < -0.39 is 0 Å². The lowest BCUT2D eigenvalue weighted by molar-refractivity contribution is 1.16. The molecular weight excluding hydrogens is 825 g/mol. The summed E-state index contributed by atoms with van der Waals surface area (Å²) in [6.07, 6.45) is 0. The molecule has 0 aliphatic rings. The van der Waals surface area contributed by atoms with Gasteiger partial charge in [0.15, 0.2) is 5.82 Å². The first-order valence-corrected chi connectivity index (χ1v) is 23.1. The molecule has 0 spiro atoms. The maximum atomic E-state index is 5.22. The first-order valence-electron chi connectivity index (χ1n) is 23.1. The van der Waals surface area contributed by atoms with Gasteiger partial charge in [0.05, 0.1) is 33.5 Å². The molecule has 0 bridgehead atoms. The van der Waals surface area contributed by atoms with E-state index in [0.717, 1.165) is 56.0 Å². The normalized spacial score (nSPS) is 11.5. The fraction of sp³-hybridized carbons (Fsp3) is 0. The Balaban J connectivity index is 0.969. The van der Waals surface area contributed by atoms with Crippen LogP contribution in [0.5, 0.6) is 0 Å². The van der Waals surface area contributed by atoms with E-state index in [-0.39, 0.29) is 0 Å². The van der Waals surface area contributed by atoms with Crippen LogP contribution in [-0.4, -0.2) is 19.1 Å². The molecule has 0 radical (unpaired) electrons. The zero-order valence-electron chi connectivity index (χ0n) is 37.0. The van der Waals surface area contributed by atoms with Gasteiger partial charge in [0.1, 0.15) is 0 Å². The summed E-state index contributed by atoms with van der Waals surface area (Å²) in [5.74, 6) is 0.682. The highest BCUT2D eigenvalue weighted by molar-refractivity contribution is 6.19. The fourth-order valence-corrected chi connectivity index (χ4v) is 10.0. The molecule has 0 N–H and O–H groups in total. The Morgan fingerprint density at radius 1 is 0.221 bits per heavy atom. The van der Waals surface area contributed by atoms with Crippen molar-refractivity contribution in [2.75, 3.05) is 0 Å². The number of fused-ring (bicyclic) bond motifs is 6. The van der Waals surface area contributed by atoms with Gasteiger partial charge < -0.3 is 9.13 Å². The Bertz CT molecular complexity index is 3910. The monoisotopic (exact) mass is 866 g/mol. The van der Waals surface area contributed by atoms with Crippen molar-refractivity contribution in [3.63, 3.8) is 0 Å². The van der Waals surface area contributed by atoms with Crippen molar-refractivity contribution in [2.24, 2.45) is 0 Å². The van der Waals surface area contributed by atoms with E-state index in [1.807, 2.05) is 12.1 Å². The van der Waals surface area contributed by atoms with Crippen molar-refractivity contribution in [1.29, 1.82) is 0 Å². The summed E-state index contributed by atoms with van der Waals surface area (Å²) in [6, 6.07) is 91.2. The standard InChI is InChI=1S/C64H42N4/c1-5-17-43(18-6-1)46-29-31-48(32-30-46)59-41-58(47-23-11-4-12-24-47)65-64(66-59)49-33-35-52(36-34-49)67-60-27-15-13-25-54(60)56-40-57-55-26-14-16-28-61(55)68(63(57)42-62(56)67)53-38-50(44-19-7-2-8-20-44)37-51(39-53)45-21-9-3-10-22-45/h1-42H. The second kappa shape index (κ2) is 16.4. The fourth-order valence-electron chi connectivity index (χ4n) is 10.0. The van der Waals surface area contributed by atoms with E-state index in [1.165, 1.54) is 60.4 Å². The third kappa shape index (κ3) is 6.86. The molecule has 0 aliphatic carbocycles. The lowest BCUT2D eigenvalue weighted by atomic mass is 9.98.